The molecule has 0 aromatic carbocycles. The molecule has 10 heteroatoms. The average molecular weight is 437 g/mol. The Balaban J connectivity index is 1.11. The van der Waals surface area contributed by atoms with Crippen LogP contribution in [0, 0.1) is 0 Å². The van der Waals surface area contributed by atoms with E-state index in [1.165, 1.54) is 36.1 Å². The number of hydrogen-bond donors (Lipinski definition) is 0. The monoisotopic (exact) mass is 436 g/mol. The van der Waals surface area contributed by atoms with Gasteiger partial charge in [-0.15, -0.1) is 21.5 Å². The molecule has 31 heavy (non-hydrogen) atoms. The van der Waals surface area contributed by atoms with Gasteiger partial charge in [-0.2, -0.15) is 5.10 Å². The van der Waals surface area contributed by atoms with Gasteiger partial charge in [0.15, 0.2) is 5.65 Å². The summed E-state index contributed by atoms with van der Waals surface area (Å²) in [5.74, 6) is 2.30. The van der Waals surface area contributed by atoms with Gasteiger partial charge >= 0.3 is 0 Å². The first kappa shape index (κ1) is 18.9. The van der Waals surface area contributed by atoms with Gasteiger partial charge in [0.25, 0.3) is 5.89 Å². The molecule has 0 saturated carbocycles. The molecule has 0 amide bonds. The van der Waals surface area contributed by atoms with Crippen LogP contribution < -0.4 is 4.90 Å². The maximum absolute atomic E-state index is 6.02. The highest BCUT2D eigenvalue weighted by Gasteiger charge is 2.23. The Labute approximate surface area is 183 Å². The Kier molecular flexibility index (Phi) is 4.68. The smallest absolute Gasteiger partial charge is 0.257 e. The fraction of sp³-hybridized carbons (Fsp3) is 0.476. The summed E-state index contributed by atoms with van der Waals surface area (Å²) in [6.45, 7) is 4.28. The quantitative estimate of drug-likeness (QED) is 0.482. The molecular formula is C21H24N8OS. The summed E-state index contributed by atoms with van der Waals surface area (Å²) in [6, 6.07) is 2.25. The molecule has 0 N–H and O–H groups in total. The minimum Gasteiger partial charge on any atom is -0.419 e. The number of hydrogen-bond acceptors (Lipinski definition) is 9. The first-order valence-electron chi connectivity index (χ1n) is 10.8. The number of piperazine rings is 1. The maximum atomic E-state index is 6.02. The van der Waals surface area contributed by atoms with Gasteiger partial charge in [0, 0.05) is 38.1 Å². The number of nitrogens with zero attached hydrogens (tertiary/aromatic N) is 8. The van der Waals surface area contributed by atoms with Gasteiger partial charge in [0.1, 0.15) is 12.1 Å². The van der Waals surface area contributed by atoms with Gasteiger partial charge in [-0.3, -0.25) is 9.58 Å². The van der Waals surface area contributed by atoms with Gasteiger partial charge < -0.3 is 9.32 Å². The molecule has 4 aromatic rings. The summed E-state index contributed by atoms with van der Waals surface area (Å²) in [5, 5.41) is 14.0. The van der Waals surface area contributed by atoms with Crippen molar-refractivity contribution in [3.63, 3.8) is 0 Å². The lowest BCUT2D eigenvalue weighted by atomic mass is 9.99. The van der Waals surface area contributed by atoms with E-state index in [0.717, 1.165) is 47.9 Å². The zero-order valence-corrected chi connectivity index (χ0v) is 18.3. The van der Waals surface area contributed by atoms with Gasteiger partial charge in [0.05, 0.1) is 23.0 Å². The van der Waals surface area contributed by atoms with E-state index in [0.29, 0.717) is 18.3 Å². The third-order valence-electron chi connectivity index (χ3n) is 6.21. The highest BCUT2D eigenvalue weighted by Crippen LogP contribution is 2.35. The molecule has 1 aliphatic heterocycles. The summed E-state index contributed by atoms with van der Waals surface area (Å²) in [6.07, 6.45) is 8.40. The van der Waals surface area contributed by atoms with E-state index in [-0.39, 0.29) is 0 Å². The van der Waals surface area contributed by atoms with Gasteiger partial charge in [-0.25, -0.2) is 9.97 Å². The minimum absolute atomic E-state index is 0.660. The van der Waals surface area contributed by atoms with E-state index in [1.807, 2.05) is 24.6 Å². The minimum atomic E-state index is 0.660. The summed E-state index contributed by atoms with van der Waals surface area (Å²) in [4.78, 5) is 16.1. The van der Waals surface area contributed by atoms with E-state index >= 15 is 0 Å². The van der Waals surface area contributed by atoms with Crippen molar-refractivity contribution in [2.45, 2.75) is 32.2 Å². The first-order chi connectivity index (χ1) is 15.2. The second kappa shape index (κ2) is 7.69. The third-order valence-corrected chi connectivity index (χ3v) is 7.44. The maximum Gasteiger partial charge on any atom is 0.257 e. The van der Waals surface area contributed by atoms with Crippen LogP contribution in [0.3, 0.4) is 0 Å². The molecule has 2 aliphatic rings. The average Bonchev–Trinajstić information content (AvgIpc) is 3.53. The third kappa shape index (κ3) is 3.49. The van der Waals surface area contributed by atoms with Crippen LogP contribution in [0.25, 0.3) is 21.8 Å². The molecule has 0 radical (unpaired) electrons. The Bertz CT molecular complexity index is 1200. The van der Waals surface area contributed by atoms with Gasteiger partial charge in [-0.05, 0) is 37.3 Å². The molecule has 160 valence electrons. The number of thiophene rings is 1. The number of fused-ring (bicyclic) bond motifs is 2. The van der Waals surface area contributed by atoms with Crippen molar-refractivity contribution >= 4 is 28.2 Å². The van der Waals surface area contributed by atoms with E-state index in [9.17, 15) is 0 Å². The Morgan fingerprint density at radius 1 is 1.06 bits per heavy atom. The molecule has 1 saturated heterocycles. The van der Waals surface area contributed by atoms with E-state index < -0.39 is 0 Å². The summed E-state index contributed by atoms with van der Waals surface area (Å²) in [5.41, 5.74) is 2.33. The van der Waals surface area contributed by atoms with Crippen LogP contribution in [0.4, 0.5) is 5.82 Å². The second-order valence-electron chi connectivity index (χ2n) is 8.23. The highest BCUT2D eigenvalue weighted by atomic mass is 32.1. The fourth-order valence-corrected chi connectivity index (χ4v) is 5.70. The normalized spacial score (nSPS) is 17.4. The van der Waals surface area contributed by atoms with Crippen molar-refractivity contribution in [1.82, 2.24) is 34.8 Å². The summed E-state index contributed by atoms with van der Waals surface area (Å²) < 4.78 is 7.81. The second-order valence-corrected chi connectivity index (χ2v) is 9.37. The lowest BCUT2D eigenvalue weighted by Gasteiger charge is -2.34. The number of aromatic nitrogens is 6. The van der Waals surface area contributed by atoms with Crippen molar-refractivity contribution in [1.29, 1.82) is 0 Å². The molecule has 4 aromatic heterocycles. The predicted octanol–water partition coefficient (Wildman–Crippen LogP) is 2.68. The van der Waals surface area contributed by atoms with E-state index in [2.05, 4.69) is 41.1 Å². The molecule has 5 heterocycles. The molecule has 9 nitrogen and oxygen atoms in total. The molecule has 1 aliphatic carbocycles. The molecule has 6 rings (SSSR count). The van der Waals surface area contributed by atoms with Gasteiger partial charge in [-0.1, -0.05) is 0 Å². The zero-order valence-electron chi connectivity index (χ0n) is 17.5. The summed E-state index contributed by atoms with van der Waals surface area (Å²) >= 11 is 1.81. The first-order valence-corrected chi connectivity index (χ1v) is 11.6. The van der Waals surface area contributed by atoms with Crippen molar-refractivity contribution in [2.75, 3.05) is 31.1 Å². The van der Waals surface area contributed by atoms with E-state index in [4.69, 9.17) is 4.42 Å². The largest absolute Gasteiger partial charge is 0.419 e. The highest BCUT2D eigenvalue weighted by molar-refractivity contribution is 7.15. The zero-order chi connectivity index (χ0) is 20.8. The van der Waals surface area contributed by atoms with Gasteiger partial charge in [0.2, 0.25) is 5.89 Å². The van der Waals surface area contributed by atoms with Crippen LogP contribution in [0.5, 0.6) is 0 Å². The van der Waals surface area contributed by atoms with Crippen LogP contribution >= 0.6 is 11.3 Å². The Morgan fingerprint density at radius 3 is 2.81 bits per heavy atom. The van der Waals surface area contributed by atoms with Crippen LogP contribution in [0.2, 0.25) is 0 Å². The molecule has 0 spiro atoms. The molecular weight excluding hydrogens is 412 g/mol. The number of rotatable bonds is 4. The topological polar surface area (TPSA) is 89.0 Å². The fourth-order valence-electron chi connectivity index (χ4n) is 4.52. The Hall–Kier alpha value is -2.85. The van der Waals surface area contributed by atoms with Crippen molar-refractivity contribution in [2.24, 2.45) is 7.05 Å². The molecule has 0 atom stereocenters. The van der Waals surface area contributed by atoms with Crippen molar-refractivity contribution in [3.05, 3.63) is 34.9 Å². The van der Waals surface area contributed by atoms with Crippen LogP contribution in [-0.2, 0) is 26.4 Å². The lowest BCUT2D eigenvalue weighted by molar-refractivity contribution is 0.226. The molecule has 1 fully saturated rings. The Morgan fingerprint density at radius 2 is 1.94 bits per heavy atom. The number of anilines is 1. The van der Waals surface area contributed by atoms with E-state index in [1.54, 1.807) is 11.0 Å². The lowest BCUT2D eigenvalue weighted by Crippen LogP contribution is -2.46. The molecule has 0 unspecified atom stereocenters. The molecule has 0 bridgehead atoms. The predicted molar refractivity (Wildman–Crippen MR) is 118 cm³/mol. The van der Waals surface area contributed by atoms with Crippen LogP contribution in [-0.4, -0.2) is 61.0 Å². The van der Waals surface area contributed by atoms with Crippen molar-refractivity contribution < 1.29 is 4.42 Å². The standard InChI is InChI=1S/C21H24N8OS/c1-27-19-15(11-24-27)20(23-13-22-19)29-8-6-28(7-9-29)12-18-25-26-21(30-18)17-10-14-4-2-3-5-16(14)31-17/h10-11,13H,2-9,12H2,1H3. The van der Waals surface area contributed by atoms with Crippen LogP contribution in [0.15, 0.2) is 23.0 Å². The SMILES string of the molecule is Cn1ncc2c(N3CCN(Cc4nnc(-c5cc6c(s5)CCCC6)o4)CC3)ncnc21. The van der Waals surface area contributed by atoms with Crippen molar-refractivity contribution in [3.8, 4) is 10.8 Å². The number of aryl methyl sites for hydroxylation is 3. The van der Waals surface area contributed by atoms with Crippen LogP contribution in [0.1, 0.15) is 29.2 Å². The summed E-state index contributed by atoms with van der Waals surface area (Å²) in [7, 11) is 1.90.